The number of aliphatic carboxylic acids is 1. The number of ether oxygens (including phenoxy) is 2. The summed E-state index contributed by atoms with van der Waals surface area (Å²) in [6.45, 7) is 8.12. The molecule has 1 atom stereocenters. The molecule has 1 amide bonds. The zero-order valence-corrected chi connectivity index (χ0v) is 15.9. The molecule has 2 rings (SSSR count). The maximum absolute atomic E-state index is 12.0. The van der Waals surface area contributed by atoms with Gasteiger partial charge < -0.3 is 19.9 Å². The molecule has 7 nitrogen and oxygen atoms in total. The third-order valence-corrected chi connectivity index (χ3v) is 4.29. The first kappa shape index (κ1) is 20.2. The predicted molar refractivity (Wildman–Crippen MR) is 96.1 cm³/mol. The maximum atomic E-state index is 12.0. The van der Waals surface area contributed by atoms with Crippen LogP contribution in [0.3, 0.4) is 0 Å². The number of hydrogen-bond donors (Lipinski definition) is 2. The fraction of sp³-hybridized carbons (Fsp3) is 0.632. The molecule has 26 heavy (non-hydrogen) atoms. The van der Waals surface area contributed by atoms with Crippen LogP contribution in [0.4, 0.5) is 4.79 Å². The monoisotopic (exact) mass is 364 g/mol. The van der Waals surface area contributed by atoms with Crippen LogP contribution in [0.15, 0.2) is 18.3 Å². The van der Waals surface area contributed by atoms with Crippen LogP contribution < -0.4 is 5.32 Å². The van der Waals surface area contributed by atoms with Crippen molar-refractivity contribution in [1.82, 2.24) is 10.3 Å². The first-order valence-electron chi connectivity index (χ1n) is 8.86. The molecule has 2 N–H and O–H groups in total. The highest BCUT2D eigenvalue weighted by atomic mass is 16.6. The number of nitrogens with one attached hydrogen (secondary N) is 1. The summed E-state index contributed by atoms with van der Waals surface area (Å²) >= 11 is 0. The Hall–Kier alpha value is -2.15. The Balaban J connectivity index is 2.06. The van der Waals surface area contributed by atoms with Crippen molar-refractivity contribution in [2.45, 2.75) is 64.0 Å². The molecule has 0 aliphatic carbocycles. The van der Waals surface area contributed by atoms with Crippen LogP contribution in [0.2, 0.25) is 0 Å². The second-order valence-corrected chi connectivity index (χ2v) is 7.92. The lowest BCUT2D eigenvalue weighted by Gasteiger charge is -2.28. The van der Waals surface area contributed by atoms with Gasteiger partial charge in [0, 0.05) is 37.4 Å². The number of amides is 1. The van der Waals surface area contributed by atoms with Crippen molar-refractivity contribution in [2.24, 2.45) is 0 Å². The molecule has 0 spiro atoms. The summed E-state index contributed by atoms with van der Waals surface area (Å²) in [5, 5.41) is 12.1. The van der Waals surface area contributed by atoms with Crippen LogP contribution in [0.1, 0.15) is 57.7 Å². The molecule has 2 heterocycles. The van der Waals surface area contributed by atoms with Crippen molar-refractivity contribution in [1.29, 1.82) is 0 Å². The summed E-state index contributed by atoms with van der Waals surface area (Å²) in [5.41, 5.74) is -0.448. The average molecular weight is 364 g/mol. The van der Waals surface area contributed by atoms with Crippen LogP contribution in [0.25, 0.3) is 0 Å². The molecule has 1 fully saturated rings. The van der Waals surface area contributed by atoms with E-state index in [1.54, 1.807) is 27.0 Å². The Kier molecular flexibility index (Phi) is 6.23. The van der Waals surface area contributed by atoms with Gasteiger partial charge in [0.1, 0.15) is 11.1 Å². The van der Waals surface area contributed by atoms with Gasteiger partial charge in [0.05, 0.1) is 0 Å². The van der Waals surface area contributed by atoms with Crippen LogP contribution in [-0.4, -0.2) is 46.5 Å². The van der Waals surface area contributed by atoms with E-state index in [0.29, 0.717) is 5.92 Å². The van der Waals surface area contributed by atoms with E-state index in [-0.39, 0.29) is 6.42 Å². The van der Waals surface area contributed by atoms with E-state index in [9.17, 15) is 14.7 Å². The number of rotatable bonds is 5. The van der Waals surface area contributed by atoms with E-state index in [0.717, 1.165) is 37.3 Å². The molecule has 0 radical (unpaired) electrons. The first-order chi connectivity index (χ1) is 12.1. The number of nitrogens with zero attached hydrogens (tertiary/aromatic N) is 1. The van der Waals surface area contributed by atoms with Crippen LogP contribution in [0, 0.1) is 0 Å². The minimum atomic E-state index is -1.48. The second kappa shape index (κ2) is 8.03. The van der Waals surface area contributed by atoms with E-state index < -0.39 is 23.2 Å². The van der Waals surface area contributed by atoms with Crippen molar-refractivity contribution in [3.63, 3.8) is 0 Å². The third kappa shape index (κ3) is 5.69. The summed E-state index contributed by atoms with van der Waals surface area (Å²) in [6.07, 6.45) is 2.93. The molecule has 144 valence electrons. The molecule has 1 aromatic rings. The van der Waals surface area contributed by atoms with Gasteiger partial charge in [-0.2, -0.15) is 0 Å². The van der Waals surface area contributed by atoms with Crippen molar-refractivity contribution in [3.8, 4) is 0 Å². The number of alkyl carbamates (subject to hydrolysis) is 1. The third-order valence-electron chi connectivity index (χ3n) is 4.29. The molecule has 1 aliphatic rings. The fourth-order valence-corrected chi connectivity index (χ4v) is 2.89. The highest BCUT2D eigenvalue weighted by molar-refractivity contribution is 5.84. The predicted octanol–water partition coefficient (Wildman–Crippen LogP) is 2.89. The average Bonchev–Trinajstić information content (AvgIpc) is 2.54. The number of hydrogen-bond acceptors (Lipinski definition) is 5. The van der Waals surface area contributed by atoms with E-state index in [2.05, 4.69) is 10.3 Å². The summed E-state index contributed by atoms with van der Waals surface area (Å²) in [6, 6.07) is 3.80. The van der Waals surface area contributed by atoms with Gasteiger partial charge in [-0.05, 0) is 52.2 Å². The SMILES string of the molecule is CC(C)(C)OC(=O)N[C@@](C)(Cc1ccc(C2CCOCC2)nc1)C(=O)O. The molecular weight excluding hydrogens is 336 g/mol. The number of aromatic nitrogens is 1. The Morgan fingerprint density at radius 3 is 2.42 bits per heavy atom. The second-order valence-electron chi connectivity index (χ2n) is 7.92. The van der Waals surface area contributed by atoms with Crippen LogP contribution in [0.5, 0.6) is 0 Å². The summed E-state index contributed by atoms with van der Waals surface area (Å²) in [7, 11) is 0. The quantitative estimate of drug-likeness (QED) is 0.834. The normalized spacial score (nSPS) is 18.0. The number of carbonyl (C=O) groups is 2. The van der Waals surface area contributed by atoms with Crippen molar-refractivity contribution in [2.75, 3.05) is 13.2 Å². The lowest BCUT2D eigenvalue weighted by molar-refractivity contribution is -0.144. The molecule has 0 aromatic carbocycles. The molecule has 7 heteroatoms. The summed E-state index contributed by atoms with van der Waals surface area (Å²) < 4.78 is 10.5. The summed E-state index contributed by atoms with van der Waals surface area (Å²) in [4.78, 5) is 28.2. The van der Waals surface area contributed by atoms with Crippen LogP contribution in [-0.2, 0) is 20.7 Å². The number of carboxylic acids is 1. The lowest BCUT2D eigenvalue weighted by Crippen LogP contribution is -2.54. The largest absolute Gasteiger partial charge is 0.480 e. The highest BCUT2D eigenvalue weighted by Gasteiger charge is 2.36. The minimum Gasteiger partial charge on any atom is -0.480 e. The van der Waals surface area contributed by atoms with Gasteiger partial charge >= 0.3 is 12.1 Å². The summed E-state index contributed by atoms with van der Waals surface area (Å²) in [5.74, 6) is -0.750. The fourth-order valence-electron chi connectivity index (χ4n) is 2.89. The Labute approximate surface area is 154 Å². The van der Waals surface area contributed by atoms with Crippen molar-refractivity contribution in [3.05, 3.63) is 29.6 Å². The zero-order valence-electron chi connectivity index (χ0n) is 15.9. The highest BCUT2D eigenvalue weighted by Crippen LogP contribution is 2.25. The minimum absolute atomic E-state index is 0.114. The molecule has 1 saturated heterocycles. The van der Waals surface area contributed by atoms with Gasteiger partial charge in [-0.3, -0.25) is 4.98 Å². The molecule has 1 aliphatic heterocycles. The molecule has 0 saturated carbocycles. The van der Waals surface area contributed by atoms with E-state index in [4.69, 9.17) is 9.47 Å². The zero-order chi connectivity index (χ0) is 19.4. The molecule has 0 unspecified atom stereocenters. The number of carbonyl (C=O) groups excluding carboxylic acids is 1. The van der Waals surface area contributed by atoms with Crippen molar-refractivity contribution >= 4 is 12.1 Å². The smallest absolute Gasteiger partial charge is 0.408 e. The topological polar surface area (TPSA) is 97.8 Å². The lowest BCUT2D eigenvalue weighted by atomic mass is 9.92. The molecular formula is C19H28N2O5. The van der Waals surface area contributed by atoms with Gasteiger partial charge in [0.25, 0.3) is 0 Å². The van der Waals surface area contributed by atoms with E-state index in [1.165, 1.54) is 6.92 Å². The Morgan fingerprint density at radius 2 is 1.92 bits per heavy atom. The van der Waals surface area contributed by atoms with Gasteiger partial charge in [0.15, 0.2) is 0 Å². The van der Waals surface area contributed by atoms with Crippen LogP contribution >= 0.6 is 0 Å². The number of pyridine rings is 1. The standard InChI is InChI=1S/C19H28N2O5/c1-18(2,3)26-17(24)21-19(4,16(22)23)11-13-5-6-15(20-12-13)14-7-9-25-10-8-14/h5-6,12,14H,7-11H2,1-4H3,(H,21,24)(H,22,23)/t19-/m0/s1. The maximum Gasteiger partial charge on any atom is 0.408 e. The Morgan fingerprint density at radius 1 is 1.27 bits per heavy atom. The Bertz CT molecular complexity index is 632. The molecule has 0 bridgehead atoms. The first-order valence-corrected chi connectivity index (χ1v) is 8.86. The number of carboxylic acid groups (broad SMARTS) is 1. The van der Waals surface area contributed by atoms with Gasteiger partial charge in [0.2, 0.25) is 0 Å². The van der Waals surface area contributed by atoms with Gasteiger partial charge in [-0.25, -0.2) is 9.59 Å². The van der Waals surface area contributed by atoms with E-state index >= 15 is 0 Å². The van der Waals surface area contributed by atoms with Gasteiger partial charge in [-0.1, -0.05) is 6.07 Å². The van der Waals surface area contributed by atoms with Crippen molar-refractivity contribution < 1.29 is 24.2 Å². The van der Waals surface area contributed by atoms with Gasteiger partial charge in [-0.15, -0.1) is 0 Å². The van der Waals surface area contributed by atoms with E-state index in [1.807, 2.05) is 12.1 Å². The molecule has 1 aromatic heterocycles.